The molecule has 9 nitrogen and oxygen atoms in total. The molecule has 15 heteroatoms. The number of hydrogen-bond donors (Lipinski definition) is 6. The van der Waals surface area contributed by atoms with Crippen molar-refractivity contribution >= 4 is 36.7 Å². The second kappa shape index (κ2) is 7.09. The number of aromatic nitrogens is 1. The third kappa shape index (κ3) is 3.60. The second-order valence-corrected chi connectivity index (χ2v) is 8.84. The summed E-state index contributed by atoms with van der Waals surface area (Å²) in [7, 11) is -4.84. The number of anilines is 1. The summed E-state index contributed by atoms with van der Waals surface area (Å²) >= 11 is 0.978. The van der Waals surface area contributed by atoms with Gasteiger partial charge in [-0.15, -0.1) is 0 Å². The Morgan fingerprint density at radius 2 is 1.80 bits per heavy atom. The van der Waals surface area contributed by atoms with Crippen molar-refractivity contribution in [1.82, 2.24) is 26.9 Å². The summed E-state index contributed by atoms with van der Waals surface area (Å²) in [5.74, 6) is -0.762. The average molecular weight is 463 g/mol. The summed E-state index contributed by atoms with van der Waals surface area (Å²) in [6.45, 7) is 0. The van der Waals surface area contributed by atoms with E-state index in [9.17, 15) is 26.0 Å². The maximum Gasteiger partial charge on any atom is 0.417 e. The largest absolute Gasteiger partial charge is 0.417 e. The van der Waals surface area contributed by atoms with E-state index < -0.39 is 38.6 Å². The predicted molar refractivity (Wildman–Crippen MR) is 101 cm³/mol. The second-order valence-electron chi connectivity index (χ2n) is 6.27. The summed E-state index contributed by atoms with van der Waals surface area (Å²) in [6.07, 6.45) is -6.16. The Bertz CT molecular complexity index is 1250. The van der Waals surface area contributed by atoms with Crippen LogP contribution in [0.1, 0.15) is 17.3 Å². The number of nitrogens with two attached hydrogens (primary N) is 2. The van der Waals surface area contributed by atoms with Crippen LogP contribution in [-0.4, -0.2) is 13.4 Å². The number of nitrogen functional groups attached to an aromatic ring is 1. The normalized spacial score (nSPS) is 15.9. The number of nitrogens with one attached hydrogen (secondary N) is 4. The summed E-state index contributed by atoms with van der Waals surface area (Å²) < 4.78 is 80.1. The molecule has 2 heterocycles. The molecule has 0 saturated carbocycles. The number of halogens is 4. The zero-order valence-corrected chi connectivity index (χ0v) is 16.3. The van der Waals surface area contributed by atoms with Crippen LogP contribution in [-0.2, 0) is 16.2 Å². The molecule has 0 bridgehead atoms. The van der Waals surface area contributed by atoms with Gasteiger partial charge < -0.3 is 5.73 Å². The van der Waals surface area contributed by atoms with Crippen molar-refractivity contribution < 1.29 is 26.0 Å². The molecule has 30 heavy (non-hydrogen) atoms. The Morgan fingerprint density at radius 1 is 1.13 bits per heavy atom. The lowest BCUT2D eigenvalue weighted by Gasteiger charge is -2.22. The van der Waals surface area contributed by atoms with Crippen LogP contribution in [0.3, 0.4) is 0 Å². The van der Waals surface area contributed by atoms with Crippen LogP contribution < -0.4 is 32.8 Å². The van der Waals surface area contributed by atoms with Gasteiger partial charge in [0.05, 0.1) is 10.3 Å². The standard InChI is InChI=1S/C15H13F4N7O2S2/c16-8-3-5(4-9-11(8)22-14(20)29-9)6-1-2-7(15(17,18)19)12(30(21,27)28)10(6)13-23-25-26-24-13/h1-4,13,23-26H,(H2,20,22)(H2,21,27,28). The first-order valence-electron chi connectivity index (χ1n) is 8.10. The number of alkyl halides is 3. The number of benzene rings is 2. The van der Waals surface area contributed by atoms with Gasteiger partial charge in [0, 0.05) is 5.56 Å². The van der Waals surface area contributed by atoms with Crippen molar-refractivity contribution in [1.29, 1.82) is 0 Å². The molecule has 3 aromatic rings. The summed E-state index contributed by atoms with van der Waals surface area (Å²) in [6, 6.07) is 4.15. The topological polar surface area (TPSA) is 147 Å². The fourth-order valence-corrected chi connectivity index (χ4v) is 5.04. The molecular formula is C15H13F4N7O2S2. The molecule has 4 rings (SSSR count). The molecule has 1 aliphatic rings. The molecule has 160 valence electrons. The number of thiazole rings is 1. The zero-order chi connectivity index (χ0) is 21.8. The Kier molecular flexibility index (Phi) is 4.93. The molecule has 8 N–H and O–H groups in total. The van der Waals surface area contributed by atoms with Gasteiger partial charge in [0.1, 0.15) is 16.6 Å². The van der Waals surface area contributed by atoms with E-state index in [-0.39, 0.29) is 27.3 Å². The fraction of sp³-hybridized carbons (Fsp3) is 0.133. The molecule has 1 fully saturated rings. The van der Waals surface area contributed by atoms with Crippen molar-refractivity contribution in [3.63, 3.8) is 0 Å². The van der Waals surface area contributed by atoms with Crippen LogP contribution >= 0.6 is 11.3 Å². The lowest BCUT2D eigenvalue weighted by molar-refractivity contribution is -0.140. The number of rotatable bonds is 3. The van der Waals surface area contributed by atoms with Gasteiger partial charge >= 0.3 is 6.18 Å². The lowest BCUT2D eigenvalue weighted by Crippen LogP contribution is -2.33. The Hall–Kier alpha value is -2.40. The monoisotopic (exact) mass is 463 g/mol. The van der Waals surface area contributed by atoms with E-state index in [2.05, 4.69) is 26.9 Å². The highest BCUT2D eigenvalue weighted by molar-refractivity contribution is 7.89. The number of fused-ring (bicyclic) bond motifs is 1. The highest BCUT2D eigenvalue weighted by Crippen LogP contribution is 2.42. The first-order chi connectivity index (χ1) is 14.0. The number of sulfonamides is 1. The molecule has 0 aliphatic carbocycles. The molecule has 1 saturated heterocycles. The lowest BCUT2D eigenvalue weighted by atomic mass is 9.95. The maximum absolute atomic E-state index is 14.6. The van der Waals surface area contributed by atoms with Crippen molar-refractivity contribution in [2.24, 2.45) is 5.14 Å². The number of nitrogens with zero attached hydrogens (tertiary/aromatic N) is 1. The molecule has 0 spiro atoms. The third-order valence-corrected chi connectivity index (χ3v) is 6.19. The molecule has 2 aromatic carbocycles. The van der Waals surface area contributed by atoms with Gasteiger partial charge in [-0.05, 0) is 29.3 Å². The van der Waals surface area contributed by atoms with Crippen molar-refractivity contribution in [2.45, 2.75) is 17.2 Å². The number of primary sulfonamides is 1. The number of hydrogen-bond acceptors (Lipinski definition) is 9. The average Bonchev–Trinajstić information content (AvgIpc) is 3.28. The summed E-state index contributed by atoms with van der Waals surface area (Å²) in [5, 5.41) is 5.27. The van der Waals surface area contributed by atoms with E-state index in [1.807, 2.05) is 0 Å². The van der Waals surface area contributed by atoms with Crippen LogP contribution in [0.5, 0.6) is 0 Å². The van der Waals surface area contributed by atoms with Crippen molar-refractivity contribution in [3.8, 4) is 11.1 Å². The smallest absolute Gasteiger partial charge is 0.375 e. The highest BCUT2D eigenvalue weighted by Gasteiger charge is 2.40. The maximum atomic E-state index is 14.6. The predicted octanol–water partition coefficient (Wildman–Crippen LogP) is 1.47. The Morgan fingerprint density at radius 3 is 2.40 bits per heavy atom. The van der Waals surface area contributed by atoms with Gasteiger partial charge in [0.25, 0.3) is 0 Å². The molecule has 0 unspecified atom stereocenters. The van der Waals surface area contributed by atoms with E-state index in [1.165, 1.54) is 6.07 Å². The van der Waals surface area contributed by atoms with Crippen molar-refractivity contribution in [3.05, 3.63) is 41.2 Å². The van der Waals surface area contributed by atoms with Gasteiger partial charge in [-0.25, -0.2) is 33.8 Å². The van der Waals surface area contributed by atoms with Crippen LogP contribution in [0.25, 0.3) is 21.3 Å². The van der Waals surface area contributed by atoms with Crippen LogP contribution in [0, 0.1) is 5.82 Å². The minimum Gasteiger partial charge on any atom is -0.375 e. The van der Waals surface area contributed by atoms with E-state index in [4.69, 9.17) is 10.9 Å². The van der Waals surface area contributed by atoms with E-state index >= 15 is 0 Å². The Balaban J connectivity index is 2.08. The minimum atomic E-state index is -5.00. The molecule has 1 aromatic heterocycles. The van der Waals surface area contributed by atoms with E-state index in [1.54, 1.807) is 0 Å². The van der Waals surface area contributed by atoms with Crippen LogP contribution in [0.4, 0.5) is 22.7 Å². The SMILES string of the molecule is Nc1nc2c(F)cc(-c3ccc(C(F)(F)F)c(S(N)(=O)=O)c3C3NNNN3)cc2s1. The molecule has 0 radical (unpaired) electrons. The van der Waals surface area contributed by atoms with Gasteiger partial charge in [0.2, 0.25) is 10.0 Å². The van der Waals surface area contributed by atoms with Gasteiger partial charge in [0.15, 0.2) is 10.9 Å². The van der Waals surface area contributed by atoms with Crippen LogP contribution in [0.2, 0.25) is 0 Å². The first kappa shape index (κ1) is 20.9. The summed E-state index contributed by atoms with van der Waals surface area (Å²) in [5.41, 5.74) is 13.9. The van der Waals surface area contributed by atoms with Gasteiger partial charge in [-0.3, -0.25) is 0 Å². The van der Waals surface area contributed by atoms with Gasteiger partial charge in [-0.1, -0.05) is 17.4 Å². The first-order valence-corrected chi connectivity index (χ1v) is 10.5. The van der Waals surface area contributed by atoms with Gasteiger partial charge in [-0.2, -0.15) is 24.2 Å². The molecule has 0 atom stereocenters. The molecule has 1 aliphatic heterocycles. The third-order valence-electron chi connectivity index (χ3n) is 4.35. The fourth-order valence-electron chi connectivity index (χ4n) is 3.23. The summed E-state index contributed by atoms with van der Waals surface area (Å²) in [4.78, 5) is 2.73. The molecular weight excluding hydrogens is 450 g/mol. The zero-order valence-electron chi connectivity index (χ0n) is 14.6. The van der Waals surface area contributed by atoms with E-state index in [0.717, 1.165) is 23.5 Å². The highest BCUT2D eigenvalue weighted by atomic mass is 32.2. The van der Waals surface area contributed by atoms with Crippen molar-refractivity contribution in [2.75, 3.05) is 5.73 Å². The molecule has 0 amide bonds. The van der Waals surface area contributed by atoms with E-state index in [0.29, 0.717) is 10.8 Å². The quantitative estimate of drug-likeness (QED) is 0.320. The Labute approximate surface area is 170 Å². The minimum absolute atomic E-state index is 0.00170. The number of hydrazine groups is 3. The van der Waals surface area contributed by atoms with Crippen LogP contribution in [0.15, 0.2) is 29.2 Å².